The van der Waals surface area contributed by atoms with E-state index in [2.05, 4.69) is 20.8 Å². The number of halogens is 1. The SMILES string of the molecule is Cc1ccc(C(=O)Nc2c[nH]nc2C(=O)Nc2ccc(F)cc2)cc1. The summed E-state index contributed by atoms with van der Waals surface area (Å²) in [6.07, 6.45) is 1.42. The summed E-state index contributed by atoms with van der Waals surface area (Å²) < 4.78 is 12.9. The number of nitrogens with one attached hydrogen (secondary N) is 3. The van der Waals surface area contributed by atoms with Crippen molar-refractivity contribution < 1.29 is 14.0 Å². The van der Waals surface area contributed by atoms with Crippen molar-refractivity contribution >= 4 is 23.2 Å². The maximum absolute atomic E-state index is 12.9. The van der Waals surface area contributed by atoms with Crippen LogP contribution in [0.25, 0.3) is 0 Å². The smallest absolute Gasteiger partial charge is 0.278 e. The Morgan fingerprint density at radius 2 is 1.64 bits per heavy atom. The zero-order chi connectivity index (χ0) is 17.8. The van der Waals surface area contributed by atoms with Gasteiger partial charge in [-0.05, 0) is 43.3 Å². The van der Waals surface area contributed by atoms with E-state index in [1.807, 2.05) is 19.1 Å². The first-order chi connectivity index (χ1) is 12.0. The predicted molar refractivity (Wildman–Crippen MR) is 92.1 cm³/mol. The van der Waals surface area contributed by atoms with E-state index < -0.39 is 11.7 Å². The monoisotopic (exact) mass is 338 g/mol. The maximum atomic E-state index is 12.9. The van der Waals surface area contributed by atoms with Gasteiger partial charge in [0, 0.05) is 17.4 Å². The van der Waals surface area contributed by atoms with E-state index in [-0.39, 0.29) is 17.3 Å². The molecule has 1 heterocycles. The fourth-order valence-corrected chi connectivity index (χ4v) is 2.18. The first-order valence-corrected chi connectivity index (χ1v) is 7.51. The van der Waals surface area contributed by atoms with Crippen LogP contribution >= 0.6 is 0 Å². The van der Waals surface area contributed by atoms with Crippen LogP contribution in [0.5, 0.6) is 0 Å². The molecule has 3 N–H and O–H groups in total. The molecule has 0 unspecified atom stereocenters. The summed E-state index contributed by atoms with van der Waals surface area (Å²) in [6.45, 7) is 1.93. The van der Waals surface area contributed by atoms with E-state index in [1.54, 1.807) is 12.1 Å². The lowest BCUT2D eigenvalue weighted by Crippen LogP contribution is -2.18. The van der Waals surface area contributed by atoms with Gasteiger partial charge in [-0.2, -0.15) is 5.10 Å². The molecule has 1 aromatic heterocycles. The van der Waals surface area contributed by atoms with Crippen LogP contribution < -0.4 is 10.6 Å². The van der Waals surface area contributed by atoms with Crippen molar-refractivity contribution in [2.24, 2.45) is 0 Å². The Bertz CT molecular complexity index is 902. The van der Waals surface area contributed by atoms with Crippen LogP contribution in [0.1, 0.15) is 26.4 Å². The molecule has 0 saturated heterocycles. The number of nitrogens with zero attached hydrogens (tertiary/aromatic N) is 1. The summed E-state index contributed by atoms with van der Waals surface area (Å²) in [5, 5.41) is 11.7. The highest BCUT2D eigenvalue weighted by molar-refractivity contribution is 6.11. The van der Waals surface area contributed by atoms with Crippen LogP contribution in [0.3, 0.4) is 0 Å². The van der Waals surface area contributed by atoms with Crippen molar-refractivity contribution in [3.63, 3.8) is 0 Å². The van der Waals surface area contributed by atoms with Gasteiger partial charge in [0.05, 0.1) is 5.69 Å². The number of hydrogen-bond acceptors (Lipinski definition) is 3. The molecule has 0 fully saturated rings. The molecule has 126 valence electrons. The summed E-state index contributed by atoms with van der Waals surface area (Å²) in [5.41, 5.74) is 2.22. The van der Waals surface area contributed by atoms with E-state index in [0.717, 1.165) is 5.56 Å². The van der Waals surface area contributed by atoms with E-state index in [0.29, 0.717) is 11.3 Å². The van der Waals surface area contributed by atoms with Crippen molar-refractivity contribution in [3.05, 3.63) is 77.4 Å². The molecule has 0 aliphatic carbocycles. The Morgan fingerprint density at radius 1 is 0.960 bits per heavy atom. The van der Waals surface area contributed by atoms with Crippen molar-refractivity contribution in [3.8, 4) is 0 Å². The predicted octanol–water partition coefficient (Wildman–Crippen LogP) is 3.36. The van der Waals surface area contributed by atoms with Gasteiger partial charge in [0.2, 0.25) is 0 Å². The lowest BCUT2D eigenvalue weighted by Gasteiger charge is -2.07. The average Bonchev–Trinajstić information content (AvgIpc) is 3.05. The summed E-state index contributed by atoms with van der Waals surface area (Å²) >= 11 is 0. The topological polar surface area (TPSA) is 86.9 Å². The molecule has 0 aliphatic heterocycles. The number of carbonyl (C=O) groups is 2. The molecule has 0 atom stereocenters. The Labute approximate surface area is 143 Å². The van der Waals surface area contributed by atoms with Gasteiger partial charge >= 0.3 is 0 Å². The second-order valence-electron chi connectivity index (χ2n) is 5.43. The van der Waals surface area contributed by atoms with Gasteiger partial charge in [-0.3, -0.25) is 14.7 Å². The van der Waals surface area contributed by atoms with Gasteiger partial charge in [-0.15, -0.1) is 0 Å². The summed E-state index contributed by atoms with van der Waals surface area (Å²) in [6, 6.07) is 12.4. The number of anilines is 2. The Balaban J connectivity index is 1.73. The number of benzene rings is 2. The zero-order valence-electron chi connectivity index (χ0n) is 13.3. The summed E-state index contributed by atoms with van der Waals surface area (Å²) in [4.78, 5) is 24.6. The van der Waals surface area contributed by atoms with E-state index in [4.69, 9.17) is 0 Å². The number of aromatic amines is 1. The summed E-state index contributed by atoms with van der Waals surface area (Å²) in [7, 11) is 0. The molecule has 25 heavy (non-hydrogen) atoms. The number of rotatable bonds is 4. The second kappa shape index (κ2) is 6.96. The molecule has 0 spiro atoms. The lowest BCUT2D eigenvalue weighted by molar-refractivity contribution is 0.102. The molecule has 0 saturated carbocycles. The third-order valence-corrected chi connectivity index (χ3v) is 3.52. The van der Waals surface area contributed by atoms with E-state index >= 15 is 0 Å². The molecule has 0 aliphatic rings. The number of aryl methyl sites for hydroxylation is 1. The molecule has 7 heteroatoms. The Hall–Kier alpha value is -3.48. The molecule has 0 bridgehead atoms. The van der Waals surface area contributed by atoms with Crippen molar-refractivity contribution in [2.45, 2.75) is 6.92 Å². The third-order valence-electron chi connectivity index (χ3n) is 3.52. The highest BCUT2D eigenvalue weighted by Gasteiger charge is 2.17. The lowest BCUT2D eigenvalue weighted by atomic mass is 10.1. The second-order valence-corrected chi connectivity index (χ2v) is 5.43. The number of H-pyrrole nitrogens is 1. The van der Waals surface area contributed by atoms with E-state index in [1.165, 1.54) is 30.5 Å². The van der Waals surface area contributed by atoms with Gasteiger partial charge < -0.3 is 10.6 Å². The highest BCUT2D eigenvalue weighted by atomic mass is 19.1. The standard InChI is InChI=1S/C18H15FN4O2/c1-11-2-4-12(5-3-11)17(24)22-15-10-20-23-16(15)18(25)21-14-8-6-13(19)7-9-14/h2-10H,1H3,(H,20,23)(H,21,25)(H,22,24). The number of amides is 2. The van der Waals surface area contributed by atoms with E-state index in [9.17, 15) is 14.0 Å². The molecular weight excluding hydrogens is 323 g/mol. The van der Waals surface area contributed by atoms with Gasteiger partial charge in [0.15, 0.2) is 5.69 Å². The third kappa shape index (κ3) is 3.89. The van der Waals surface area contributed by atoms with Crippen molar-refractivity contribution in [1.29, 1.82) is 0 Å². The van der Waals surface area contributed by atoms with Gasteiger partial charge in [-0.1, -0.05) is 17.7 Å². The van der Waals surface area contributed by atoms with Crippen LogP contribution in [0.15, 0.2) is 54.7 Å². The quantitative estimate of drug-likeness (QED) is 0.682. The van der Waals surface area contributed by atoms with Crippen molar-refractivity contribution in [2.75, 3.05) is 10.6 Å². The first-order valence-electron chi connectivity index (χ1n) is 7.51. The molecule has 0 radical (unpaired) electrons. The Kier molecular flexibility index (Phi) is 4.56. The molecule has 2 aromatic carbocycles. The fourth-order valence-electron chi connectivity index (χ4n) is 2.18. The van der Waals surface area contributed by atoms with Gasteiger partial charge in [0.25, 0.3) is 11.8 Å². The molecule has 3 rings (SSSR count). The van der Waals surface area contributed by atoms with Crippen LogP contribution in [0.4, 0.5) is 15.8 Å². The largest absolute Gasteiger partial charge is 0.321 e. The maximum Gasteiger partial charge on any atom is 0.278 e. The zero-order valence-corrected chi connectivity index (χ0v) is 13.3. The normalized spacial score (nSPS) is 10.3. The minimum atomic E-state index is -0.521. The number of carbonyl (C=O) groups excluding carboxylic acids is 2. The van der Waals surface area contributed by atoms with Crippen LogP contribution in [-0.2, 0) is 0 Å². The highest BCUT2D eigenvalue weighted by Crippen LogP contribution is 2.16. The minimum Gasteiger partial charge on any atom is -0.321 e. The number of hydrogen-bond donors (Lipinski definition) is 3. The molecule has 3 aromatic rings. The van der Waals surface area contributed by atoms with Crippen LogP contribution in [0.2, 0.25) is 0 Å². The van der Waals surface area contributed by atoms with Crippen LogP contribution in [0, 0.1) is 12.7 Å². The van der Waals surface area contributed by atoms with Crippen LogP contribution in [-0.4, -0.2) is 22.0 Å². The Morgan fingerprint density at radius 3 is 2.32 bits per heavy atom. The van der Waals surface area contributed by atoms with Gasteiger partial charge in [0.1, 0.15) is 5.82 Å². The first kappa shape index (κ1) is 16.4. The average molecular weight is 338 g/mol. The molecular formula is C18H15FN4O2. The molecule has 2 amide bonds. The summed E-state index contributed by atoms with van der Waals surface area (Å²) in [5.74, 6) is -1.27. The van der Waals surface area contributed by atoms with Crippen molar-refractivity contribution in [1.82, 2.24) is 10.2 Å². The fraction of sp³-hybridized carbons (Fsp3) is 0.0556. The minimum absolute atomic E-state index is 0.0322. The number of aromatic nitrogens is 2. The van der Waals surface area contributed by atoms with Gasteiger partial charge in [-0.25, -0.2) is 4.39 Å². The molecule has 6 nitrogen and oxygen atoms in total.